The van der Waals surface area contributed by atoms with Gasteiger partial charge in [-0.1, -0.05) is 12.1 Å². The zero-order valence-corrected chi connectivity index (χ0v) is 10.4. The normalized spacial score (nSPS) is 23.9. The topological polar surface area (TPSA) is 21.3 Å². The fraction of sp³-hybridized carbons (Fsp3) is 0.600. The van der Waals surface area contributed by atoms with E-state index in [2.05, 4.69) is 23.5 Å². The lowest BCUT2D eigenvalue weighted by Gasteiger charge is -2.24. The molecule has 0 aromatic heterocycles. The molecule has 0 radical (unpaired) electrons. The highest BCUT2D eigenvalue weighted by Crippen LogP contribution is 2.27. The van der Waals surface area contributed by atoms with E-state index in [1.165, 1.54) is 56.3 Å². The molecule has 1 saturated heterocycles. The minimum Gasteiger partial charge on any atom is -0.493 e. The molecule has 1 aromatic carbocycles. The second kappa shape index (κ2) is 5.09. The predicted molar refractivity (Wildman–Crippen MR) is 69.6 cm³/mol. The summed E-state index contributed by atoms with van der Waals surface area (Å²) in [5, 5.41) is 3.49. The van der Waals surface area contributed by atoms with Crippen LogP contribution in [0.15, 0.2) is 18.2 Å². The second-order valence-corrected chi connectivity index (χ2v) is 5.31. The maximum atomic E-state index is 5.74. The first-order valence-corrected chi connectivity index (χ1v) is 6.87. The number of nitrogens with one attached hydrogen (secondary N) is 1. The SMILES string of the molecule is c1cc2c(cc1CC1CCCNC1)OCCC2. The molecule has 0 amide bonds. The Labute approximate surface area is 103 Å². The molecule has 0 bridgehead atoms. The average molecular weight is 231 g/mol. The van der Waals surface area contributed by atoms with Crippen LogP contribution in [-0.4, -0.2) is 19.7 Å². The van der Waals surface area contributed by atoms with E-state index in [1.54, 1.807) is 0 Å². The lowest BCUT2D eigenvalue weighted by atomic mass is 9.91. The Morgan fingerprint density at radius 3 is 3.18 bits per heavy atom. The number of piperidine rings is 1. The van der Waals surface area contributed by atoms with Crippen LogP contribution in [0.2, 0.25) is 0 Å². The molecule has 92 valence electrons. The standard InChI is InChI=1S/C15H21NO/c1-3-13(11-16-7-1)9-12-5-6-14-4-2-8-17-15(14)10-12/h5-6,10,13,16H,1-4,7-9,11H2. The maximum Gasteiger partial charge on any atom is 0.122 e. The van der Waals surface area contributed by atoms with Crippen molar-refractivity contribution in [2.75, 3.05) is 19.7 Å². The van der Waals surface area contributed by atoms with Gasteiger partial charge in [-0.05, 0) is 68.3 Å². The quantitative estimate of drug-likeness (QED) is 0.844. The molecule has 17 heavy (non-hydrogen) atoms. The Balaban J connectivity index is 1.70. The van der Waals surface area contributed by atoms with Gasteiger partial charge in [0, 0.05) is 0 Å². The molecular weight excluding hydrogens is 210 g/mol. The molecule has 1 unspecified atom stereocenters. The van der Waals surface area contributed by atoms with E-state index in [0.29, 0.717) is 0 Å². The minimum atomic E-state index is 0.811. The molecule has 2 heterocycles. The van der Waals surface area contributed by atoms with E-state index in [1.807, 2.05) is 0 Å². The zero-order chi connectivity index (χ0) is 11.5. The van der Waals surface area contributed by atoms with Crippen molar-refractivity contribution in [3.8, 4) is 5.75 Å². The number of rotatable bonds is 2. The van der Waals surface area contributed by atoms with E-state index < -0.39 is 0 Å². The van der Waals surface area contributed by atoms with E-state index in [9.17, 15) is 0 Å². The van der Waals surface area contributed by atoms with Gasteiger partial charge in [0.15, 0.2) is 0 Å². The van der Waals surface area contributed by atoms with E-state index in [0.717, 1.165) is 18.3 Å². The first-order chi connectivity index (χ1) is 8.42. The van der Waals surface area contributed by atoms with Gasteiger partial charge < -0.3 is 10.1 Å². The summed E-state index contributed by atoms with van der Waals surface area (Å²) in [7, 11) is 0. The first-order valence-electron chi connectivity index (χ1n) is 6.87. The lowest BCUT2D eigenvalue weighted by molar-refractivity contribution is 0.287. The van der Waals surface area contributed by atoms with Crippen molar-refractivity contribution in [3.63, 3.8) is 0 Å². The van der Waals surface area contributed by atoms with Gasteiger partial charge in [-0.25, -0.2) is 0 Å². The molecule has 2 aliphatic heterocycles. The van der Waals surface area contributed by atoms with Crippen LogP contribution in [0.4, 0.5) is 0 Å². The Morgan fingerprint density at radius 1 is 1.29 bits per heavy atom. The molecule has 1 N–H and O–H groups in total. The highest BCUT2D eigenvalue weighted by molar-refractivity contribution is 5.39. The van der Waals surface area contributed by atoms with E-state index in [4.69, 9.17) is 4.74 Å². The number of benzene rings is 1. The highest BCUT2D eigenvalue weighted by atomic mass is 16.5. The number of ether oxygens (including phenoxy) is 1. The number of hydrogen-bond acceptors (Lipinski definition) is 2. The average Bonchev–Trinajstić information content (AvgIpc) is 2.40. The molecule has 1 aromatic rings. The molecule has 1 atom stereocenters. The van der Waals surface area contributed by atoms with E-state index >= 15 is 0 Å². The monoisotopic (exact) mass is 231 g/mol. The van der Waals surface area contributed by atoms with Gasteiger partial charge in [0.05, 0.1) is 6.61 Å². The van der Waals surface area contributed by atoms with Gasteiger partial charge in [0.2, 0.25) is 0 Å². The Bertz CT molecular complexity index is 383. The summed E-state index contributed by atoms with van der Waals surface area (Å²) in [6, 6.07) is 6.82. The molecule has 0 spiro atoms. The van der Waals surface area contributed by atoms with Gasteiger partial charge in [-0.15, -0.1) is 0 Å². The third-order valence-electron chi connectivity index (χ3n) is 3.90. The van der Waals surface area contributed by atoms with Gasteiger partial charge in [0.25, 0.3) is 0 Å². The van der Waals surface area contributed by atoms with Crippen molar-refractivity contribution in [2.24, 2.45) is 5.92 Å². The fourth-order valence-electron chi connectivity index (χ4n) is 2.94. The van der Waals surface area contributed by atoms with Crippen LogP contribution < -0.4 is 10.1 Å². The van der Waals surface area contributed by atoms with Crippen molar-refractivity contribution < 1.29 is 4.74 Å². The summed E-state index contributed by atoms with van der Waals surface area (Å²) in [5.41, 5.74) is 2.83. The third kappa shape index (κ3) is 2.63. The molecule has 0 aliphatic carbocycles. The molecule has 2 nitrogen and oxygen atoms in total. The van der Waals surface area contributed by atoms with Crippen LogP contribution in [0.5, 0.6) is 5.75 Å². The highest BCUT2D eigenvalue weighted by Gasteiger charge is 2.15. The molecule has 0 saturated carbocycles. The maximum absolute atomic E-state index is 5.74. The summed E-state index contributed by atoms with van der Waals surface area (Å²) in [4.78, 5) is 0. The smallest absolute Gasteiger partial charge is 0.122 e. The molecule has 3 rings (SSSR count). The van der Waals surface area contributed by atoms with Crippen molar-refractivity contribution in [1.29, 1.82) is 0 Å². The number of fused-ring (bicyclic) bond motifs is 1. The van der Waals surface area contributed by atoms with Crippen LogP contribution in [0, 0.1) is 5.92 Å². The van der Waals surface area contributed by atoms with Crippen LogP contribution in [0.25, 0.3) is 0 Å². The second-order valence-electron chi connectivity index (χ2n) is 5.31. The third-order valence-corrected chi connectivity index (χ3v) is 3.90. The van der Waals surface area contributed by atoms with Gasteiger partial charge in [-0.2, -0.15) is 0 Å². The number of hydrogen-bond donors (Lipinski definition) is 1. The van der Waals surface area contributed by atoms with Crippen LogP contribution >= 0.6 is 0 Å². The zero-order valence-electron chi connectivity index (χ0n) is 10.4. The Kier molecular flexibility index (Phi) is 3.32. The summed E-state index contributed by atoms with van der Waals surface area (Å²) in [5.74, 6) is 1.95. The Morgan fingerprint density at radius 2 is 2.29 bits per heavy atom. The summed E-state index contributed by atoms with van der Waals surface area (Å²) < 4.78 is 5.74. The van der Waals surface area contributed by atoms with Gasteiger partial charge in [0.1, 0.15) is 5.75 Å². The largest absolute Gasteiger partial charge is 0.493 e. The van der Waals surface area contributed by atoms with Crippen molar-refractivity contribution in [2.45, 2.75) is 32.1 Å². The van der Waals surface area contributed by atoms with Gasteiger partial charge in [-0.3, -0.25) is 0 Å². The van der Waals surface area contributed by atoms with Crippen LogP contribution in [0.3, 0.4) is 0 Å². The fourth-order valence-corrected chi connectivity index (χ4v) is 2.94. The Hall–Kier alpha value is -1.02. The van der Waals surface area contributed by atoms with E-state index in [-0.39, 0.29) is 0 Å². The first kappa shape index (κ1) is 11.1. The molecule has 2 heteroatoms. The summed E-state index contributed by atoms with van der Waals surface area (Å²) >= 11 is 0. The summed E-state index contributed by atoms with van der Waals surface area (Å²) in [6.07, 6.45) is 6.24. The molecule has 1 fully saturated rings. The van der Waals surface area contributed by atoms with Crippen LogP contribution in [0.1, 0.15) is 30.4 Å². The van der Waals surface area contributed by atoms with Gasteiger partial charge >= 0.3 is 0 Å². The number of aryl methyl sites for hydroxylation is 1. The van der Waals surface area contributed by atoms with Crippen molar-refractivity contribution >= 4 is 0 Å². The molecular formula is C15H21NO. The summed E-state index contributed by atoms with van der Waals surface area (Å²) in [6.45, 7) is 3.27. The van der Waals surface area contributed by atoms with Crippen molar-refractivity contribution in [1.82, 2.24) is 5.32 Å². The minimum absolute atomic E-state index is 0.811. The molecule has 2 aliphatic rings. The van der Waals surface area contributed by atoms with Crippen molar-refractivity contribution in [3.05, 3.63) is 29.3 Å². The van der Waals surface area contributed by atoms with Crippen LogP contribution in [-0.2, 0) is 12.8 Å². The predicted octanol–water partition coefficient (Wildman–Crippen LogP) is 2.55. The lowest BCUT2D eigenvalue weighted by Crippen LogP contribution is -2.30.